The van der Waals surface area contributed by atoms with Gasteiger partial charge in [-0.3, -0.25) is 4.98 Å². The highest BCUT2D eigenvalue weighted by atomic mass is 79.9. The maximum absolute atomic E-state index is 4.47. The second kappa shape index (κ2) is 5.72. The van der Waals surface area contributed by atoms with E-state index in [4.69, 9.17) is 0 Å². The summed E-state index contributed by atoms with van der Waals surface area (Å²) >= 11 is 5.52. The minimum atomic E-state index is 0.365. The zero-order valence-corrected chi connectivity index (χ0v) is 12.8. The first-order valence-electron chi connectivity index (χ1n) is 6.06. The highest BCUT2D eigenvalue weighted by Gasteiger charge is 2.37. The number of nitrogens with zero attached hydrogens (tertiary/aromatic N) is 1. The van der Waals surface area contributed by atoms with Gasteiger partial charge in [0.05, 0.1) is 0 Å². The molecular formula is C13H19BrN2S. The number of rotatable bonds is 4. The topological polar surface area (TPSA) is 24.9 Å². The molecule has 0 saturated carbocycles. The molecule has 2 heterocycles. The average Bonchev–Trinajstić information content (AvgIpc) is 2.76. The minimum Gasteiger partial charge on any atom is -0.315 e. The van der Waals surface area contributed by atoms with Gasteiger partial charge in [-0.25, -0.2) is 0 Å². The van der Waals surface area contributed by atoms with Crippen molar-refractivity contribution in [3.05, 3.63) is 28.5 Å². The van der Waals surface area contributed by atoms with E-state index in [1.54, 1.807) is 0 Å². The van der Waals surface area contributed by atoms with Crippen LogP contribution in [-0.4, -0.2) is 28.6 Å². The first-order valence-corrected chi connectivity index (χ1v) is 7.83. The molecule has 0 aliphatic carbocycles. The van der Waals surface area contributed by atoms with Crippen molar-refractivity contribution < 1.29 is 0 Å². The number of likely N-dealkylation sites (N-methyl/N-ethyl adjacent to an activating group) is 1. The summed E-state index contributed by atoms with van der Waals surface area (Å²) in [6.45, 7) is 2.38. The van der Waals surface area contributed by atoms with Crippen molar-refractivity contribution >= 4 is 27.7 Å². The van der Waals surface area contributed by atoms with Crippen LogP contribution in [0.5, 0.6) is 0 Å². The number of pyridine rings is 1. The van der Waals surface area contributed by atoms with E-state index in [0.717, 1.165) is 10.9 Å². The molecule has 0 amide bonds. The third-order valence-corrected chi connectivity index (χ3v) is 5.65. The van der Waals surface area contributed by atoms with Crippen molar-refractivity contribution in [1.82, 2.24) is 10.3 Å². The monoisotopic (exact) mass is 314 g/mol. The summed E-state index contributed by atoms with van der Waals surface area (Å²) in [5.41, 5.74) is 1.17. The standard InChI is InChI=1S/C13H19BrN2S/c1-13(6-3-7-17-13)12(15-2)8-11-5-4-10(14)9-16-11/h4-5,9,12,15H,3,6-8H2,1-2H3. The van der Waals surface area contributed by atoms with Crippen LogP contribution in [0, 0.1) is 0 Å². The summed E-state index contributed by atoms with van der Waals surface area (Å²) < 4.78 is 1.41. The fraction of sp³-hybridized carbons (Fsp3) is 0.615. The van der Waals surface area contributed by atoms with Crippen LogP contribution >= 0.6 is 27.7 Å². The predicted molar refractivity (Wildman–Crippen MR) is 78.6 cm³/mol. The van der Waals surface area contributed by atoms with Crippen LogP contribution in [0.3, 0.4) is 0 Å². The van der Waals surface area contributed by atoms with Gasteiger partial charge in [0.25, 0.3) is 0 Å². The van der Waals surface area contributed by atoms with Gasteiger partial charge < -0.3 is 5.32 Å². The lowest BCUT2D eigenvalue weighted by Gasteiger charge is -2.33. The summed E-state index contributed by atoms with van der Waals surface area (Å²) in [4.78, 5) is 4.47. The Morgan fingerprint density at radius 3 is 2.94 bits per heavy atom. The van der Waals surface area contributed by atoms with E-state index in [2.05, 4.69) is 64.1 Å². The van der Waals surface area contributed by atoms with Gasteiger partial charge in [0, 0.05) is 33.6 Å². The molecule has 2 nitrogen and oxygen atoms in total. The Kier molecular flexibility index (Phi) is 4.50. The van der Waals surface area contributed by atoms with Crippen LogP contribution in [0.1, 0.15) is 25.5 Å². The van der Waals surface area contributed by atoms with Gasteiger partial charge >= 0.3 is 0 Å². The molecule has 1 aliphatic rings. The minimum absolute atomic E-state index is 0.365. The first-order chi connectivity index (χ1) is 8.14. The van der Waals surface area contributed by atoms with Gasteiger partial charge in [0.15, 0.2) is 0 Å². The van der Waals surface area contributed by atoms with Crippen molar-refractivity contribution in [2.45, 2.75) is 37.0 Å². The highest BCUT2D eigenvalue weighted by molar-refractivity contribution is 9.10. The average molecular weight is 315 g/mol. The molecule has 94 valence electrons. The molecular weight excluding hydrogens is 296 g/mol. The Hall–Kier alpha value is -0.0600. The van der Waals surface area contributed by atoms with Crippen LogP contribution in [0.2, 0.25) is 0 Å². The van der Waals surface area contributed by atoms with Crippen molar-refractivity contribution in [3.8, 4) is 0 Å². The second-order valence-corrected chi connectivity index (χ2v) is 7.32. The van der Waals surface area contributed by atoms with Gasteiger partial charge in [-0.2, -0.15) is 11.8 Å². The highest BCUT2D eigenvalue weighted by Crippen LogP contribution is 2.41. The summed E-state index contributed by atoms with van der Waals surface area (Å²) in [6, 6.07) is 4.68. The van der Waals surface area contributed by atoms with Crippen molar-refractivity contribution in [2.75, 3.05) is 12.8 Å². The lowest BCUT2D eigenvalue weighted by molar-refractivity contribution is 0.421. The molecule has 0 radical (unpaired) electrons. The van der Waals surface area contributed by atoms with Crippen molar-refractivity contribution in [1.29, 1.82) is 0 Å². The van der Waals surface area contributed by atoms with Gasteiger partial charge in [-0.05, 0) is 60.6 Å². The maximum Gasteiger partial charge on any atom is 0.0420 e. The maximum atomic E-state index is 4.47. The second-order valence-electron chi connectivity index (χ2n) is 4.78. The molecule has 0 aromatic carbocycles. The van der Waals surface area contributed by atoms with E-state index >= 15 is 0 Å². The Morgan fingerprint density at radius 2 is 2.41 bits per heavy atom. The van der Waals surface area contributed by atoms with E-state index in [9.17, 15) is 0 Å². The fourth-order valence-electron chi connectivity index (χ4n) is 2.44. The molecule has 2 unspecified atom stereocenters. The Labute approximate surface area is 116 Å². The molecule has 2 rings (SSSR count). The largest absolute Gasteiger partial charge is 0.315 e. The summed E-state index contributed by atoms with van der Waals surface area (Å²) in [5, 5.41) is 3.48. The van der Waals surface area contributed by atoms with Crippen LogP contribution in [0.15, 0.2) is 22.8 Å². The molecule has 2 atom stereocenters. The number of nitrogens with one attached hydrogen (secondary N) is 1. The first kappa shape index (κ1) is 13.4. The molecule has 0 bridgehead atoms. The molecule has 1 aromatic heterocycles. The molecule has 1 N–H and O–H groups in total. The third kappa shape index (κ3) is 3.24. The molecule has 1 aliphatic heterocycles. The Bertz CT molecular complexity index is 360. The molecule has 1 fully saturated rings. The number of hydrogen-bond acceptors (Lipinski definition) is 3. The van der Waals surface area contributed by atoms with E-state index in [0.29, 0.717) is 10.8 Å². The van der Waals surface area contributed by atoms with E-state index < -0.39 is 0 Å². The van der Waals surface area contributed by atoms with Gasteiger partial charge in [-0.1, -0.05) is 0 Å². The molecule has 1 aromatic rings. The SMILES string of the molecule is CNC(Cc1ccc(Br)cn1)C1(C)CCCS1. The van der Waals surface area contributed by atoms with Crippen molar-refractivity contribution in [3.63, 3.8) is 0 Å². The summed E-state index contributed by atoms with van der Waals surface area (Å²) in [5.74, 6) is 1.29. The zero-order valence-electron chi connectivity index (χ0n) is 10.4. The Balaban J connectivity index is 2.06. The summed E-state index contributed by atoms with van der Waals surface area (Å²) in [7, 11) is 2.06. The normalized spacial score (nSPS) is 26.1. The molecule has 17 heavy (non-hydrogen) atoms. The van der Waals surface area contributed by atoms with Crippen LogP contribution in [0.4, 0.5) is 0 Å². The van der Waals surface area contributed by atoms with E-state index in [1.807, 2.05) is 6.20 Å². The van der Waals surface area contributed by atoms with E-state index in [-0.39, 0.29) is 0 Å². The lowest BCUT2D eigenvalue weighted by Crippen LogP contribution is -2.45. The van der Waals surface area contributed by atoms with Crippen LogP contribution in [-0.2, 0) is 6.42 Å². The molecule has 0 spiro atoms. The zero-order chi connectivity index (χ0) is 12.3. The fourth-order valence-corrected chi connectivity index (χ4v) is 4.12. The van der Waals surface area contributed by atoms with Crippen molar-refractivity contribution in [2.24, 2.45) is 0 Å². The third-order valence-electron chi connectivity index (χ3n) is 3.54. The number of thioether (sulfide) groups is 1. The van der Waals surface area contributed by atoms with Gasteiger partial charge in [-0.15, -0.1) is 0 Å². The van der Waals surface area contributed by atoms with Crippen LogP contribution < -0.4 is 5.32 Å². The van der Waals surface area contributed by atoms with Gasteiger partial charge in [0.2, 0.25) is 0 Å². The molecule has 1 saturated heterocycles. The smallest absolute Gasteiger partial charge is 0.0420 e. The Morgan fingerprint density at radius 1 is 1.59 bits per heavy atom. The van der Waals surface area contributed by atoms with E-state index in [1.165, 1.54) is 24.3 Å². The van der Waals surface area contributed by atoms with Gasteiger partial charge in [0.1, 0.15) is 0 Å². The summed E-state index contributed by atoms with van der Waals surface area (Å²) in [6.07, 6.45) is 5.53. The van der Waals surface area contributed by atoms with Crippen LogP contribution in [0.25, 0.3) is 0 Å². The number of aromatic nitrogens is 1. The lowest BCUT2D eigenvalue weighted by atomic mass is 9.92. The quantitative estimate of drug-likeness (QED) is 0.923. The predicted octanol–water partition coefficient (Wildman–Crippen LogP) is 3.26. The molecule has 4 heteroatoms. The number of halogens is 1. The number of hydrogen-bond donors (Lipinski definition) is 1.